The number of ether oxygens (including phenoxy) is 2. The molecule has 2 atom stereocenters. The summed E-state index contributed by atoms with van der Waals surface area (Å²) in [4.78, 5) is 41.5. The lowest BCUT2D eigenvalue weighted by molar-refractivity contribution is -0.0586. The molecule has 7 nitrogen and oxygen atoms in total. The smallest absolute Gasteiger partial charge is 0.261 e. The molecule has 0 N–H and O–H groups in total. The van der Waals surface area contributed by atoms with Crippen molar-refractivity contribution in [3.8, 4) is 5.75 Å². The molecule has 1 saturated heterocycles. The third-order valence-electron chi connectivity index (χ3n) is 5.42. The summed E-state index contributed by atoms with van der Waals surface area (Å²) in [6.45, 7) is 4.95. The fourth-order valence-electron chi connectivity index (χ4n) is 4.10. The van der Waals surface area contributed by atoms with Crippen LogP contribution in [0.1, 0.15) is 50.5 Å². The van der Waals surface area contributed by atoms with E-state index in [1.54, 1.807) is 47.4 Å². The number of rotatable bonds is 4. The summed E-state index contributed by atoms with van der Waals surface area (Å²) in [7, 11) is 1.51. The minimum atomic E-state index is -0.324. The molecule has 30 heavy (non-hydrogen) atoms. The Morgan fingerprint density at radius 3 is 2.20 bits per heavy atom. The van der Waals surface area contributed by atoms with E-state index in [0.29, 0.717) is 41.1 Å². The van der Waals surface area contributed by atoms with Gasteiger partial charge >= 0.3 is 0 Å². The maximum Gasteiger partial charge on any atom is 0.261 e. The van der Waals surface area contributed by atoms with Crippen LogP contribution in [-0.2, 0) is 11.3 Å². The quantitative estimate of drug-likeness (QED) is 0.727. The van der Waals surface area contributed by atoms with Crippen LogP contribution in [0.3, 0.4) is 0 Å². The predicted octanol–water partition coefficient (Wildman–Crippen LogP) is 2.74. The number of benzene rings is 2. The summed E-state index contributed by atoms with van der Waals surface area (Å²) < 4.78 is 11.1. The number of fused-ring (bicyclic) bond motifs is 1. The molecule has 0 unspecified atom stereocenters. The largest absolute Gasteiger partial charge is 0.496 e. The second-order valence-corrected chi connectivity index (χ2v) is 7.74. The number of amides is 3. The number of nitrogens with zero attached hydrogens (tertiary/aromatic N) is 2. The molecule has 7 heteroatoms. The second-order valence-electron chi connectivity index (χ2n) is 7.74. The first-order chi connectivity index (χ1) is 14.4. The Morgan fingerprint density at radius 2 is 1.63 bits per heavy atom. The van der Waals surface area contributed by atoms with Gasteiger partial charge in [0.15, 0.2) is 0 Å². The highest BCUT2D eigenvalue weighted by Crippen LogP contribution is 2.27. The van der Waals surface area contributed by atoms with Gasteiger partial charge in [-0.25, -0.2) is 0 Å². The van der Waals surface area contributed by atoms with Crippen molar-refractivity contribution in [2.75, 3.05) is 20.2 Å². The van der Waals surface area contributed by atoms with E-state index < -0.39 is 0 Å². The lowest BCUT2D eigenvalue weighted by Crippen LogP contribution is -2.48. The highest BCUT2D eigenvalue weighted by Gasteiger charge is 2.35. The molecule has 2 aromatic rings. The van der Waals surface area contributed by atoms with Crippen molar-refractivity contribution in [2.45, 2.75) is 32.6 Å². The standard InChI is InChI=1S/C23H24N2O5/c1-14-11-24(12-15(2)30-14)21(26)19-10-16(8-9-20(19)29-3)13-25-22(27)17-6-4-5-7-18(17)23(25)28/h4-10,14-15H,11-13H2,1-3H3/t14-,15+. The molecule has 3 amide bonds. The monoisotopic (exact) mass is 408 g/mol. The lowest BCUT2D eigenvalue weighted by Gasteiger charge is -2.35. The van der Waals surface area contributed by atoms with Gasteiger partial charge in [0.2, 0.25) is 0 Å². The van der Waals surface area contributed by atoms with E-state index in [1.165, 1.54) is 12.0 Å². The first-order valence-corrected chi connectivity index (χ1v) is 9.96. The average molecular weight is 408 g/mol. The molecule has 0 spiro atoms. The van der Waals surface area contributed by atoms with Crippen LogP contribution in [0.25, 0.3) is 0 Å². The van der Waals surface area contributed by atoms with Gasteiger partial charge in [0.05, 0.1) is 42.6 Å². The zero-order valence-electron chi connectivity index (χ0n) is 17.3. The molecule has 0 saturated carbocycles. The molecule has 0 bridgehead atoms. The second kappa shape index (κ2) is 7.91. The highest BCUT2D eigenvalue weighted by molar-refractivity contribution is 6.21. The topological polar surface area (TPSA) is 76.2 Å². The van der Waals surface area contributed by atoms with Gasteiger partial charge in [-0.05, 0) is 43.7 Å². The fourth-order valence-corrected chi connectivity index (χ4v) is 4.10. The van der Waals surface area contributed by atoms with Crippen molar-refractivity contribution < 1.29 is 23.9 Å². The van der Waals surface area contributed by atoms with Crippen molar-refractivity contribution in [3.63, 3.8) is 0 Å². The third kappa shape index (κ3) is 3.57. The maximum absolute atomic E-state index is 13.2. The van der Waals surface area contributed by atoms with Gasteiger partial charge in [0.1, 0.15) is 5.75 Å². The maximum atomic E-state index is 13.2. The van der Waals surface area contributed by atoms with Crippen molar-refractivity contribution >= 4 is 17.7 Å². The van der Waals surface area contributed by atoms with E-state index in [9.17, 15) is 14.4 Å². The van der Waals surface area contributed by atoms with Crippen LogP contribution in [-0.4, -0.2) is 59.9 Å². The first-order valence-electron chi connectivity index (χ1n) is 9.96. The molecular formula is C23H24N2O5. The zero-order chi connectivity index (χ0) is 21.4. The van der Waals surface area contributed by atoms with Crippen LogP contribution in [0.15, 0.2) is 42.5 Å². The normalized spacial score (nSPS) is 21.0. The van der Waals surface area contributed by atoms with Gasteiger partial charge in [-0.15, -0.1) is 0 Å². The Kier molecular flexibility index (Phi) is 5.30. The molecule has 2 heterocycles. The fraction of sp³-hybridized carbons (Fsp3) is 0.348. The van der Waals surface area contributed by atoms with E-state index in [-0.39, 0.29) is 36.5 Å². The van der Waals surface area contributed by atoms with E-state index in [4.69, 9.17) is 9.47 Å². The van der Waals surface area contributed by atoms with Crippen LogP contribution in [0.2, 0.25) is 0 Å². The van der Waals surface area contributed by atoms with Crippen LogP contribution in [0, 0.1) is 0 Å². The lowest BCUT2D eigenvalue weighted by atomic mass is 10.1. The Morgan fingerprint density at radius 1 is 1.03 bits per heavy atom. The predicted molar refractivity (Wildman–Crippen MR) is 110 cm³/mol. The van der Waals surface area contributed by atoms with Gasteiger partial charge < -0.3 is 14.4 Å². The Balaban J connectivity index is 1.60. The number of imide groups is 1. The summed E-state index contributed by atoms with van der Waals surface area (Å²) in [6, 6.07) is 12.0. The minimum absolute atomic E-state index is 0.0507. The summed E-state index contributed by atoms with van der Waals surface area (Å²) in [5.74, 6) is -0.346. The number of carbonyl (C=O) groups is 3. The molecule has 4 rings (SSSR count). The van der Waals surface area contributed by atoms with Crippen molar-refractivity contribution in [2.24, 2.45) is 0 Å². The van der Waals surface area contributed by atoms with E-state index in [2.05, 4.69) is 0 Å². The first kappa shape index (κ1) is 20.1. The molecule has 2 aromatic carbocycles. The van der Waals surface area contributed by atoms with Crippen molar-refractivity contribution in [1.82, 2.24) is 9.80 Å². The molecule has 0 aromatic heterocycles. The van der Waals surface area contributed by atoms with E-state index in [0.717, 1.165) is 0 Å². The average Bonchev–Trinajstić information content (AvgIpc) is 2.97. The summed E-state index contributed by atoms with van der Waals surface area (Å²) >= 11 is 0. The molecular weight excluding hydrogens is 384 g/mol. The number of methoxy groups -OCH3 is 1. The molecule has 2 aliphatic heterocycles. The summed E-state index contributed by atoms with van der Waals surface area (Å²) in [6.07, 6.45) is -0.101. The molecule has 0 radical (unpaired) electrons. The number of hydrogen-bond donors (Lipinski definition) is 0. The number of morpholine rings is 1. The zero-order valence-corrected chi connectivity index (χ0v) is 17.3. The Hall–Kier alpha value is -3.19. The molecule has 1 fully saturated rings. The molecule has 156 valence electrons. The van der Waals surface area contributed by atoms with E-state index in [1.807, 2.05) is 13.8 Å². The van der Waals surface area contributed by atoms with Crippen molar-refractivity contribution in [3.05, 3.63) is 64.7 Å². The van der Waals surface area contributed by atoms with Crippen LogP contribution >= 0.6 is 0 Å². The molecule has 0 aliphatic carbocycles. The van der Waals surface area contributed by atoms with Gasteiger partial charge in [-0.2, -0.15) is 0 Å². The van der Waals surface area contributed by atoms with Crippen LogP contribution in [0.5, 0.6) is 5.75 Å². The van der Waals surface area contributed by atoms with E-state index >= 15 is 0 Å². The Bertz CT molecular complexity index is 973. The van der Waals surface area contributed by atoms with Gasteiger partial charge in [-0.3, -0.25) is 19.3 Å². The minimum Gasteiger partial charge on any atom is -0.496 e. The Labute approximate surface area is 175 Å². The van der Waals surface area contributed by atoms with Gasteiger partial charge in [0, 0.05) is 13.1 Å². The van der Waals surface area contributed by atoms with Crippen molar-refractivity contribution in [1.29, 1.82) is 0 Å². The third-order valence-corrected chi connectivity index (χ3v) is 5.42. The summed E-state index contributed by atoms with van der Waals surface area (Å²) in [5, 5.41) is 0. The number of hydrogen-bond acceptors (Lipinski definition) is 5. The highest BCUT2D eigenvalue weighted by atomic mass is 16.5. The summed E-state index contributed by atoms with van der Waals surface area (Å²) in [5.41, 5.74) is 1.91. The van der Waals surface area contributed by atoms with Crippen LogP contribution in [0.4, 0.5) is 0 Å². The molecule has 2 aliphatic rings. The number of carbonyl (C=O) groups excluding carboxylic acids is 3. The SMILES string of the molecule is COc1ccc(CN2C(=O)c3ccccc3C2=O)cc1C(=O)N1C[C@@H](C)O[C@@H](C)C1. The van der Waals surface area contributed by atoms with Gasteiger partial charge in [0.25, 0.3) is 17.7 Å². The van der Waals surface area contributed by atoms with Gasteiger partial charge in [-0.1, -0.05) is 18.2 Å². The van der Waals surface area contributed by atoms with Crippen LogP contribution < -0.4 is 4.74 Å².